The summed E-state index contributed by atoms with van der Waals surface area (Å²) in [5.74, 6) is -1.23. The Labute approximate surface area is 186 Å². The summed E-state index contributed by atoms with van der Waals surface area (Å²) in [6.07, 6.45) is 3.12. The van der Waals surface area contributed by atoms with Gasteiger partial charge in [-0.1, -0.05) is 6.92 Å². The Bertz CT molecular complexity index is 1190. The van der Waals surface area contributed by atoms with Gasteiger partial charge in [0, 0.05) is 47.6 Å². The molecule has 0 aromatic carbocycles. The SMILES string of the molecule is CCN(CC)C(=O)c1cc(-c2cc3cc(NC(=O)C(=N)C(C)C(C)=N)cnc3[nH]2)ccn1. The lowest BCUT2D eigenvalue weighted by molar-refractivity contribution is -0.110. The van der Waals surface area contributed by atoms with Gasteiger partial charge in [-0.05, 0) is 45.0 Å². The molecule has 0 aliphatic rings. The van der Waals surface area contributed by atoms with Gasteiger partial charge in [-0.2, -0.15) is 0 Å². The van der Waals surface area contributed by atoms with Crippen LogP contribution in [0.4, 0.5) is 5.69 Å². The summed E-state index contributed by atoms with van der Waals surface area (Å²) < 4.78 is 0. The van der Waals surface area contributed by atoms with Gasteiger partial charge in [-0.3, -0.25) is 20.0 Å². The predicted molar refractivity (Wildman–Crippen MR) is 125 cm³/mol. The van der Waals surface area contributed by atoms with Crippen LogP contribution in [0.25, 0.3) is 22.3 Å². The highest BCUT2D eigenvalue weighted by Gasteiger charge is 2.19. The van der Waals surface area contributed by atoms with Crippen LogP contribution in [-0.4, -0.2) is 56.2 Å². The molecule has 0 saturated heterocycles. The third-order valence-corrected chi connectivity index (χ3v) is 5.40. The molecule has 32 heavy (non-hydrogen) atoms. The highest BCUT2D eigenvalue weighted by atomic mass is 16.2. The first-order valence-electron chi connectivity index (χ1n) is 10.4. The largest absolute Gasteiger partial charge is 0.339 e. The molecule has 3 heterocycles. The quantitative estimate of drug-likeness (QED) is 0.402. The van der Waals surface area contributed by atoms with Crippen molar-refractivity contribution in [2.24, 2.45) is 5.92 Å². The van der Waals surface area contributed by atoms with Gasteiger partial charge in [0.15, 0.2) is 0 Å². The minimum atomic E-state index is -0.560. The van der Waals surface area contributed by atoms with Crippen molar-refractivity contribution in [2.75, 3.05) is 18.4 Å². The smallest absolute Gasteiger partial charge is 0.272 e. The number of rotatable bonds is 8. The number of aromatic amines is 1. The van der Waals surface area contributed by atoms with Crippen molar-refractivity contribution < 1.29 is 9.59 Å². The van der Waals surface area contributed by atoms with Crippen molar-refractivity contribution in [3.8, 4) is 11.3 Å². The molecule has 0 aliphatic heterocycles. The molecule has 3 aromatic heterocycles. The number of anilines is 1. The third-order valence-electron chi connectivity index (χ3n) is 5.40. The van der Waals surface area contributed by atoms with Crippen molar-refractivity contribution >= 4 is 40.0 Å². The predicted octanol–water partition coefficient (Wildman–Crippen LogP) is 3.74. The zero-order valence-electron chi connectivity index (χ0n) is 18.6. The van der Waals surface area contributed by atoms with Crippen LogP contribution in [-0.2, 0) is 4.79 Å². The van der Waals surface area contributed by atoms with Crippen LogP contribution in [0.3, 0.4) is 0 Å². The van der Waals surface area contributed by atoms with Gasteiger partial charge in [0.05, 0.1) is 11.9 Å². The van der Waals surface area contributed by atoms with Crippen molar-refractivity contribution in [3.63, 3.8) is 0 Å². The van der Waals surface area contributed by atoms with E-state index < -0.39 is 11.8 Å². The molecule has 0 spiro atoms. The van der Waals surface area contributed by atoms with Gasteiger partial charge in [-0.25, -0.2) is 4.98 Å². The number of nitrogens with zero attached hydrogens (tertiary/aromatic N) is 3. The Morgan fingerprint density at radius 1 is 1.16 bits per heavy atom. The number of aromatic nitrogens is 3. The first-order chi connectivity index (χ1) is 15.2. The second kappa shape index (κ2) is 9.51. The highest BCUT2D eigenvalue weighted by molar-refractivity contribution is 6.45. The molecular formula is C23H27N7O2. The second-order valence-corrected chi connectivity index (χ2v) is 7.52. The first kappa shape index (κ1) is 22.8. The molecule has 0 radical (unpaired) electrons. The maximum absolute atomic E-state index is 12.6. The lowest BCUT2D eigenvalue weighted by Gasteiger charge is -2.18. The van der Waals surface area contributed by atoms with Gasteiger partial charge in [0.2, 0.25) is 0 Å². The Balaban J connectivity index is 1.85. The van der Waals surface area contributed by atoms with E-state index in [4.69, 9.17) is 10.8 Å². The third kappa shape index (κ3) is 4.72. The van der Waals surface area contributed by atoms with E-state index in [0.717, 1.165) is 16.6 Å². The number of carbonyl (C=O) groups excluding carboxylic acids is 2. The van der Waals surface area contributed by atoms with Gasteiger partial charge < -0.3 is 20.6 Å². The van der Waals surface area contributed by atoms with Gasteiger partial charge >= 0.3 is 0 Å². The molecule has 1 unspecified atom stereocenters. The molecule has 3 rings (SSSR count). The maximum Gasteiger partial charge on any atom is 0.272 e. The van der Waals surface area contributed by atoms with E-state index in [0.29, 0.717) is 30.1 Å². The van der Waals surface area contributed by atoms with Crippen LogP contribution in [0.1, 0.15) is 38.2 Å². The Kier molecular flexibility index (Phi) is 6.77. The second-order valence-electron chi connectivity index (χ2n) is 7.52. The minimum Gasteiger partial charge on any atom is -0.339 e. The number of fused-ring (bicyclic) bond motifs is 1. The summed E-state index contributed by atoms with van der Waals surface area (Å²) in [4.78, 5) is 38.5. The zero-order chi connectivity index (χ0) is 23.4. The van der Waals surface area contributed by atoms with Crippen LogP contribution in [0.2, 0.25) is 0 Å². The molecule has 0 saturated carbocycles. The van der Waals surface area contributed by atoms with Gasteiger partial charge in [0.1, 0.15) is 17.1 Å². The lowest BCUT2D eigenvalue weighted by Crippen LogP contribution is -2.31. The molecule has 1 atom stereocenters. The van der Waals surface area contributed by atoms with E-state index >= 15 is 0 Å². The van der Waals surface area contributed by atoms with Crippen LogP contribution in [0, 0.1) is 16.7 Å². The molecule has 9 nitrogen and oxygen atoms in total. The Morgan fingerprint density at radius 2 is 1.88 bits per heavy atom. The summed E-state index contributed by atoms with van der Waals surface area (Å²) >= 11 is 0. The van der Waals surface area contributed by atoms with Crippen molar-refractivity contribution in [3.05, 3.63) is 42.4 Å². The molecular weight excluding hydrogens is 406 g/mol. The zero-order valence-corrected chi connectivity index (χ0v) is 18.6. The summed E-state index contributed by atoms with van der Waals surface area (Å²) in [6.45, 7) is 8.31. The fourth-order valence-electron chi connectivity index (χ4n) is 3.24. The molecule has 0 fully saturated rings. The first-order valence-corrected chi connectivity index (χ1v) is 10.4. The minimum absolute atomic E-state index is 0.118. The fourth-order valence-corrected chi connectivity index (χ4v) is 3.24. The average Bonchev–Trinajstić information content (AvgIpc) is 3.22. The number of hydrogen-bond acceptors (Lipinski definition) is 6. The van der Waals surface area contributed by atoms with Crippen molar-refractivity contribution in [1.82, 2.24) is 19.9 Å². The molecule has 0 bridgehead atoms. The summed E-state index contributed by atoms with van der Waals surface area (Å²) in [6, 6.07) is 7.21. The van der Waals surface area contributed by atoms with Crippen LogP contribution in [0.5, 0.6) is 0 Å². The number of amides is 2. The average molecular weight is 434 g/mol. The van der Waals surface area contributed by atoms with Crippen molar-refractivity contribution in [1.29, 1.82) is 10.8 Å². The van der Waals surface area contributed by atoms with Crippen LogP contribution >= 0.6 is 0 Å². The van der Waals surface area contributed by atoms with E-state index in [1.807, 2.05) is 26.0 Å². The summed E-state index contributed by atoms with van der Waals surface area (Å²) in [5.41, 5.74) is 3.12. The molecule has 2 amide bonds. The fraction of sp³-hybridized carbons (Fsp3) is 0.304. The summed E-state index contributed by atoms with van der Waals surface area (Å²) in [7, 11) is 0. The molecule has 3 aromatic rings. The van der Waals surface area contributed by atoms with E-state index in [1.54, 1.807) is 37.1 Å². The molecule has 9 heteroatoms. The van der Waals surface area contributed by atoms with Crippen LogP contribution in [0.15, 0.2) is 36.7 Å². The Morgan fingerprint density at radius 3 is 2.53 bits per heavy atom. The summed E-state index contributed by atoms with van der Waals surface area (Å²) in [5, 5.41) is 19.0. The van der Waals surface area contributed by atoms with E-state index in [9.17, 15) is 9.59 Å². The normalized spacial score (nSPS) is 11.8. The van der Waals surface area contributed by atoms with E-state index in [1.165, 1.54) is 6.20 Å². The number of pyridine rings is 2. The highest BCUT2D eigenvalue weighted by Crippen LogP contribution is 2.25. The van der Waals surface area contributed by atoms with E-state index in [-0.39, 0.29) is 17.3 Å². The van der Waals surface area contributed by atoms with E-state index in [2.05, 4.69) is 20.3 Å². The molecule has 166 valence electrons. The Hall–Kier alpha value is -3.88. The molecule has 4 N–H and O–H groups in total. The maximum atomic E-state index is 12.6. The topological polar surface area (TPSA) is 139 Å². The number of carbonyl (C=O) groups is 2. The van der Waals surface area contributed by atoms with Crippen molar-refractivity contribution in [2.45, 2.75) is 27.7 Å². The lowest BCUT2D eigenvalue weighted by atomic mass is 10.0. The number of H-pyrrole nitrogens is 1. The van der Waals surface area contributed by atoms with Gasteiger partial charge in [-0.15, -0.1) is 0 Å². The van der Waals surface area contributed by atoms with Crippen LogP contribution < -0.4 is 5.32 Å². The monoisotopic (exact) mass is 433 g/mol. The van der Waals surface area contributed by atoms with Gasteiger partial charge in [0.25, 0.3) is 11.8 Å². The number of hydrogen-bond donors (Lipinski definition) is 4. The molecule has 0 aliphatic carbocycles. The number of nitrogens with one attached hydrogen (secondary N) is 4. The standard InChI is InChI=1S/C23H27N7O2/c1-5-30(6-2)23(32)19-10-15(7-8-26-19)18-11-16-9-17(12-27-21(16)29-18)28-22(31)20(25)13(3)14(4)24/h7-13,24-25H,5-6H2,1-4H3,(H,27,29)(H,28,31).